The van der Waals surface area contributed by atoms with E-state index in [2.05, 4.69) is 48.0 Å². The van der Waals surface area contributed by atoms with Gasteiger partial charge >= 0.3 is 5.97 Å². The Morgan fingerprint density at radius 1 is 1.02 bits per heavy atom. The van der Waals surface area contributed by atoms with Gasteiger partial charge in [0.1, 0.15) is 5.75 Å². The summed E-state index contributed by atoms with van der Waals surface area (Å²) in [7, 11) is 0. The van der Waals surface area contributed by atoms with Gasteiger partial charge in [0, 0.05) is 36.1 Å². The van der Waals surface area contributed by atoms with Crippen molar-refractivity contribution in [3.8, 4) is 17.0 Å². The van der Waals surface area contributed by atoms with Crippen LogP contribution in [-0.2, 0) is 16.0 Å². The highest BCUT2D eigenvalue weighted by Gasteiger charge is 2.36. The number of pyridine rings is 2. The van der Waals surface area contributed by atoms with E-state index in [-0.39, 0.29) is 5.41 Å². The van der Waals surface area contributed by atoms with Crippen LogP contribution in [0.2, 0.25) is 0 Å². The van der Waals surface area contributed by atoms with E-state index in [1.807, 2.05) is 52.1 Å². The summed E-state index contributed by atoms with van der Waals surface area (Å²) in [6.07, 6.45) is 7.49. The van der Waals surface area contributed by atoms with Crippen molar-refractivity contribution < 1.29 is 19.4 Å². The Balaban J connectivity index is 1.58. The highest BCUT2D eigenvalue weighted by atomic mass is 16.5. The molecule has 1 N–H and O–H groups in total. The number of hydrogen-bond acceptors (Lipinski definition) is 6. The molecule has 1 aromatic carbocycles. The molecule has 1 unspecified atom stereocenters. The normalized spacial score (nSPS) is 15.9. The van der Waals surface area contributed by atoms with Crippen molar-refractivity contribution in [2.24, 2.45) is 5.41 Å². The first-order valence-electron chi connectivity index (χ1n) is 14.7. The van der Waals surface area contributed by atoms with Crippen molar-refractivity contribution in [2.75, 3.05) is 24.6 Å². The van der Waals surface area contributed by atoms with E-state index in [1.165, 1.54) is 5.56 Å². The number of aliphatic carboxylic acids is 1. The first-order valence-corrected chi connectivity index (χ1v) is 14.7. The third-order valence-electron chi connectivity index (χ3n) is 7.66. The maximum absolute atomic E-state index is 12.6. The van der Waals surface area contributed by atoms with E-state index in [0.29, 0.717) is 17.9 Å². The van der Waals surface area contributed by atoms with Crippen LogP contribution in [0.1, 0.15) is 83.2 Å². The van der Waals surface area contributed by atoms with Crippen molar-refractivity contribution in [2.45, 2.75) is 85.4 Å². The summed E-state index contributed by atoms with van der Waals surface area (Å²) >= 11 is 0. The van der Waals surface area contributed by atoms with Gasteiger partial charge in [-0.3, -0.25) is 9.97 Å². The third kappa shape index (κ3) is 8.29. The van der Waals surface area contributed by atoms with Crippen LogP contribution in [0.4, 0.5) is 5.69 Å². The molecule has 0 bridgehead atoms. The van der Waals surface area contributed by atoms with Gasteiger partial charge in [0.25, 0.3) is 0 Å². The zero-order valence-corrected chi connectivity index (χ0v) is 25.4. The molecule has 1 aliphatic heterocycles. The highest BCUT2D eigenvalue weighted by Crippen LogP contribution is 2.43. The smallest absolute Gasteiger partial charge is 0.337 e. The largest absolute Gasteiger partial charge is 0.492 e. The van der Waals surface area contributed by atoms with Crippen molar-refractivity contribution in [1.82, 2.24) is 9.97 Å². The lowest BCUT2D eigenvalue weighted by atomic mass is 9.82. The maximum atomic E-state index is 12.6. The Labute approximate surface area is 244 Å². The molecule has 0 radical (unpaired) electrons. The van der Waals surface area contributed by atoms with Crippen LogP contribution in [0.15, 0.2) is 54.9 Å². The van der Waals surface area contributed by atoms with Crippen molar-refractivity contribution in [1.29, 1.82) is 0 Å². The second-order valence-electron chi connectivity index (χ2n) is 12.8. The van der Waals surface area contributed by atoms with Gasteiger partial charge in [0.05, 0.1) is 29.8 Å². The standard InChI is InChI=1S/C34H45N3O4/c1-24-29(31(32(38)39)41-33(2,3)4)30(37-19-17-34(5,6)18-20-37)27(23-35-24)28-16-15-26(22-36-28)40-21-11-10-14-25-12-8-7-9-13-25/h7-9,12-13,15-16,22-23,31H,10-11,14,17-21H2,1-6H3,(H,38,39). The van der Waals surface area contributed by atoms with E-state index in [9.17, 15) is 9.90 Å². The summed E-state index contributed by atoms with van der Waals surface area (Å²) in [6.45, 7) is 14.3. The zero-order chi connectivity index (χ0) is 29.6. The van der Waals surface area contributed by atoms with Gasteiger partial charge in [-0.15, -0.1) is 0 Å². The van der Waals surface area contributed by atoms with Crippen LogP contribution in [0.3, 0.4) is 0 Å². The fraction of sp³-hybridized carbons (Fsp3) is 0.500. The topological polar surface area (TPSA) is 84.8 Å². The number of aryl methyl sites for hydroxylation is 2. The molecule has 41 heavy (non-hydrogen) atoms. The van der Waals surface area contributed by atoms with E-state index in [0.717, 1.165) is 67.9 Å². The molecular formula is C34H45N3O4. The maximum Gasteiger partial charge on any atom is 0.337 e. The highest BCUT2D eigenvalue weighted by molar-refractivity contribution is 5.85. The fourth-order valence-electron chi connectivity index (χ4n) is 5.26. The zero-order valence-electron chi connectivity index (χ0n) is 25.4. The summed E-state index contributed by atoms with van der Waals surface area (Å²) in [6, 6.07) is 14.4. The molecule has 0 amide bonds. The monoisotopic (exact) mass is 559 g/mol. The minimum Gasteiger partial charge on any atom is -0.492 e. The second-order valence-corrected chi connectivity index (χ2v) is 12.8. The molecule has 3 aromatic rings. The number of aromatic nitrogens is 2. The number of benzene rings is 1. The van der Waals surface area contributed by atoms with Crippen LogP contribution in [0.25, 0.3) is 11.3 Å². The average Bonchev–Trinajstić information content (AvgIpc) is 2.92. The molecule has 1 saturated heterocycles. The second kappa shape index (κ2) is 13.0. The van der Waals surface area contributed by atoms with Gasteiger partial charge in [0.15, 0.2) is 6.10 Å². The number of hydrogen-bond donors (Lipinski definition) is 1. The first kappa shape index (κ1) is 30.5. The first-order chi connectivity index (χ1) is 19.4. The molecule has 0 spiro atoms. The molecular weight excluding hydrogens is 514 g/mol. The Morgan fingerprint density at radius 2 is 1.73 bits per heavy atom. The molecule has 3 heterocycles. The fourth-order valence-corrected chi connectivity index (χ4v) is 5.26. The van der Waals surface area contributed by atoms with Crippen LogP contribution < -0.4 is 9.64 Å². The predicted molar refractivity (Wildman–Crippen MR) is 164 cm³/mol. The van der Waals surface area contributed by atoms with Crippen LogP contribution in [0, 0.1) is 12.3 Å². The van der Waals surface area contributed by atoms with Gasteiger partial charge in [0.2, 0.25) is 0 Å². The number of carboxylic acid groups (broad SMARTS) is 1. The molecule has 1 atom stereocenters. The molecule has 2 aromatic heterocycles. The van der Waals surface area contributed by atoms with Gasteiger partial charge in [-0.25, -0.2) is 4.79 Å². The minimum atomic E-state index is -1.15. The number of rotatable bonds is 11. The summed E-state index contributed by atoms with van der Waals surface area (Å²) in [5, 5.41) is 10.3. The van der Waals surface area contributed by atoms with Gasteiger partial charge in [-0.05, 0) is 82.9 Å². The van der Waals surface area contributed by atoms with Crippen molar-refractivity contribution in [3.05, 3.63) is 71.7 Å². The molecule has 1 fully saturated rings. The number of ether oxygens (including phenoxy) is 2. The lowest BCUT2D eigenvalue weighted by Gasteiger charge is -2.40. The van der Waals surface area contributed by atoms with E-state index in [4.69, 9.17) is 14.5 Å². The molecule has 1 aliphatic rings. The Morgan fingerprint density at radius 3 is 2.34 bits per heavy atom. The van der Waals surface area contributed by atoms with Crippen LogP contribution in [-0.4, -0.2) is 46.3 Å². The number of carbonyl (C=O) groups is 1. The molecule has 4 rings (SSSR count). The number of carboxylic acids is 1. The number of unbranched alkanes of at least 4 members (excludes halogenated alkanes) is 1. The Hall–Kier alpha value is -3.45. The van der Waals surface area contributed by atoms with E-state index >= 15 is 0 Å². The summed E-state index contributed by atoms with van der Waals surface area (Å²) in [5.74, 6) is -0.306. The SMILES string of the molecule is Cc1ncc(-c2ccc(OCCCCc3ccccc3)cn2)c(N2CCC(C)(C)CC2)c1C(OC(C)(C)C)C(=O)O. The lowest BCUT2D eigenvalue weighted by molar-refractivity contribution is -0.160. The summed E-state index contributed by atoms with van der Waals surface area (Å²) in [5.41, 5.74) is 4.59. The molecule has 7 nitrogen and oxygen atoms in total. The third-order valence-corrected chi connectivity index (χ3v) is 7.66. The Kier molecular flexibility index (Phi) is 9.69. The predicted octanol–water partition coefficient (Wildman–Crippen LogP) is 7.42. The molecule has 0 aliphatic carbocycles. The van der Waals surface area contributed by atoms with E-state index < -0.39 is 17.7 Å². The molecule has 0 saturated carbocycles. The van der Waals surface area contributed by atoms with E-state index in [1.54, 1.807) is 6.20 Å². The van der Waals surface area contributed by atoms with Crippen LogP contribution in [0.5, 0.6) is 5.75 Å². The molecule has 7 heteroatoms. The summed E-state index contributed by atoms with van der Waals surface area (Å²) in [4.78, 5) is 24.3. The summed E-state index contributed by atoms with van der Waals surface area (Å²) < 4.78 is 12.1. The van der Waals surface area contributed by atoms with Gasteiger partial charge in [-0.1, -0.05) is 44.2 Å². The van der Waals surface area contributed by atoms with Crippen LogP contribution >= 0.6 is 0 Å². The quantitative estimate of drug-likeness (QED) is 0.245. The van der Waals surface area contributed by atoms with Crippen molar-refractivity contribution in [3.63, 3.8) is 0 Å². The molecule has 220 valence electrons. The average molecular weight is 560 g/mol. The number of nitrogens with zero attached hydrogens (tertiary/aromatic N) is 3. The van der Waals surface area contributed by atoms with Gasteiger partial charge in [-0.2, -0.15) is 0 Å². The minimum absolute atomic E-state index is 0.241. The number of anilines is 1. The van der Waals surface area contributed by atoms with Crippen molar-refractivity contribution >= 4 is 11.7 Å². The van der Waals surface area contributed by atoms with Gasteiger partial charge < -0.3 is 19.5 Å². The Bertz CT molecular complexity index is 1290. The number of piperidine rings is 1. The lowest BCUT2D eigenvalue weighted by Crippen LogP contribution is -2.39.